The maximum atomic E-state index is 13.2. The van der Waals surface area contributed by atoms with E-state index in [0.717, 1.165) is 30.4 Å². The van der Waals surface area contributed by atoms with Gasteiger partial charge in [0.1, 0.15) is 0 Å². The van der Waals surface area contributed by atoms with Crippen molar-refractivity contribution >= 4 is 15.9 Å². The number of carbonyl (C=O) groups is 1. The maximum absolute atomic E-state index is 13.2. The van der Waals surface area contributed by atoms with Gasteiger partial charge in [0.2, 0.25) is 15.9 Å². The molecular weight excluding hydrogens is 364 g/mol. The highest BCUT2D eigenvalue weighted by molar-refractivity contribution is 7.89. The average molecular weight is 395 g/mol. The molecule has 0 spiro atoms. The molecule has 1 aromatic rings. The molecule has 1 atom stereocenters. The van der Waals surface area contributed by atoms with Gasteiger partial charge in [-0.1, -0.05) is 26.8 Å². The molecule has 0 radical (unpaired) electrons. The number of amides is 1. The number of methoxy groups -OCH3 is 1. The molecular formula is C20H30N2O4S. The zero-order valence-corrected chi connectivity index (χ0v) is 17.5. The van der Waals surface area contributed by atoms with Crippen molar-refractivity contribution < 1.29 is 17.9 Å². The maximum Gasteiger partial charge on any atom is 0.243 e. The molecule has 1 saturated heterocycles. The van der Waals surface area contributed by atoms with Crippen molar-refractivity contribution in [3.63, 3.8) is 0 Å². The van der Waals surface area contributed by atoms with Gasteiger partial charge < -0.3 is 9.64 Å². The minimum absolute atomic E-state index is 0.0983. The third-order valence-corrected chi connectivity index (χ3v) is 7.36. The van der Waals surface area contributed by atoms with Crippen LogP contribution in [0.4, 0.5) is 0 Å². The summed E-state index contributed by atoms with van der Waals surface area (Å²) in [5.74, 6) is 0.0983. The molecule has 0 saturated carbocycles. The first kappa shape index (κ1) is 20.3. The smallest absolute Gasteiger partial charge is 0.243 e. The molecule has 3 rings (SSSR count). The summed E-state index contributed by atoms with van der Waals surface area (Å²) in [6.45, 7) is 7.83. The molecule has 1 aromatic carbocycles. The molecule has 2 heterocycles. The predicted octanol–water partition coefficient (Wildman–Crippen LogP) is 2.42. The van der Waals surface area contributed by atoms with Gasteiger partial charge in [0.25, 0.3) is 0 Å². The molecule has 2 aliphatic heterocycles. The van der Waals surface area contributed by atoms with Crippen LogP contribution in [-0.4, -0.2) is 56.4 Å². The molecule has 7 heteroatoms. The Kier molecular flexibility index (Phi) is 5.66. The van der Waals surface area contributed by atoms with E-state index in [1.165, 1.54) is 0 Å². The monoisotopic (exact) mass is 394 g/mol. The number of benzene rings is 1. The van der Waals surface area contributed by atoms with Gasteiger partial charge in [0.15, 0.2) is 0 Å². The van der Waals surface area contributed by atoms with E-state index in [1.54, 1.807) is 23.5 Å². The Morgan fingerprint density at radius 3 is 2.63 bits per heavy atom. The van der Waals surface area contributed by atoms with E-state index in [1.807, 2.05) is 31.7 Å². The molecule has 0 bridgehead atoms. The molecule has 0 aromatic heterocycles. The van der Waals surface area contributed by atoms with Crippen LogP contribution in [-0.2, 0) is 32.5 Å². The SMILES string of the molecule is COCC1CCCN1S(=O)(=O)c1ccc2c(c1)CN(C(=O)C(C)(C)C)CC2. The second-order valence-corrected chi connectivity index (χ2v) is 10.4. The summed E-state index contributed by atoms with van der Waals surface area (Å²) in [6.07, 6.45) is 2.44. The first-order chi connectivity index (χ1) is 12.6. The number of hydrogen-bond donors (Lipinski definition) is 0. The van der Waals surface area contributed by atoms with Crippen LogP contribution < -0.4 is 0 Å². The molecule has 2 aliphatic rings. The molecule has 6 nitrogen and oxygen atoms in total. The van der Waals surface area contributed by atoms with Crippen molar-refractivity contribution in [3.8, 4) is 0 Å². The lowest BCUT2D eigenvalue weighted by molar-refractivity contribution is -0.140. The number of rotatable bonds is 4. The van der Waals surface area contributed by atoms with E-state index in [0.29, 0.717) is 31.1 Å². The fraction of sp³-hybridized carbons (Fsp3) is 0.650. The first-order valence-electron chi connectivity index (χ1n) is 9.56. The minimum Gasteiger partial charge on any atom is -0.383 e. The average Bonchev–Trinajstić information content (AvgIpc) is 3.09. The van der Waals surface area contributed by atoms with Crippen molar-refractivity contribution in [2.24, 2.45) is 5.41 Å². The second-order valence-electron chi connectivity index (χ2n) is 8.52. The van der Waals surface area contributed by atoms with E-state index in [-0.39, 0.29) is 11.9 Å². The number of hydrogen-bond acceptors (Lipinski definition) is 4. The van der Waals surface area contributed by atoms with Crippen molar-refractivity contribution in [2.45, 2.75) is 57.5 Å². The third kappa shape index (κ3) is 4.05. The van der Waals surface area contributed by atoms with Crippen molar-refractivity contribution in [1.29, 1.82) is 0 Å². The van der Waals surface area contributed by atoms with Crippen molar-refractivity contribution in [2.75, 3.05) is 26.8 Å². The van der Waals surface area contributed by atoms with Crippen molar-refractivity contribution in [1.82, 2.24) is 9.21 Å². The van der Waals surface area contributed by atoms with Crippen LogP contribution in [0.1, 0.15) is 44.7 Å². The fourth-order valence-corrected chi connectivity index (χ4v) is 5.69. The number of fused-ring (bicyclic) bond motifs is 1. The first-order valence-corrected chi connectivity index (χ1v) is 11.0. The van der Waals surface area contributed by atoms with E-state index in [9.17, 15) is 13.2 Å². The van der Waals surface area contributed by atoms with Gasteiger partial charge in [-0.15, -0.1) is 0 Å². The molecule has 1 amide bonds. The molecule has 0 aliphatic carbocycles. The van der Waals surface area contributed by atoms with Crippen LogP contribution in [0.2, 0.25) is 0 Å². The van der Waals surface area contributed by atoms with Gasteiger partial charge in [0, 0.05) is 38.2 Å². The summed E-state index contributed by atoms with van der Waals surface area (Å²) >= 11 is 0. The number of sulfonamides is 1. The molecule has 150 valence electrons. The van der Waals surface area contributed by atoms with Crippen LogP contribution in [0.25, 0.3) is 0 Å². The van der Waals surface area contributed by atoms with Gasteiger partial charge in [0.05, 0.1) is 11.5 Å². The molecule has 0 N–H and O–H groups in total. The van der Waals surface area contributed by atoms with E-state index < -0.39 is 15.4 Å². The van der Waals surface area contributed by atoms with E-state index >= 15 is 0 Å². The highest BCUT2D eigenvalue weighted by Crippen LogP contribution is 2.30. The summed E-state index contributed by atoms with van der Waals surface area (Å²) in [5.41, 5.74) is 1.62. The third-order valence-electron chi connectivity index (χ3n) is 5.41. The van der Waals surface area contributed by atoms with Crippen molar-refractivity contribution in [3.05, 3.63) is 29.3 Å². The van der Waals surface area contributed by atoms with Crippen LogP contribution in [0.3, 0.4) is 0 Å². The van der Waals surface area contributed by atoms with Gasteiger partial charge in [-0.3, -0.25) is 4.79 Å². The zero-order chi connectivity index (χ0) is 19.8. The second kappa shape index (κ2) is 7.53. The van der Waals surface area contributed by atoms with E-state index in [2.05, 4.69) is 0 Å². The topological polar surface area (TPSA) is 66.9 Å². The predicted molar refractivity (Wildman–Crippen MR) is 104 cm³/mol. The van der Waals surface area contributed by atoms with Crippen LogP contribution in [0.5, 0.6) is 0 Å². The molecule has 27 heavy (non-hydrogen) atoms. The van der Waals surface area contributed by atoms with Crippen LogP contribution >= 0.6 is 0 Å². The molecule has 1 unspecified atom stereocenters. The lowest BCUT2D eigenvalue weighted by Gasteiger charge is -2.34. The number of ether oxygens (including phenoxy) is 1. The van der Waals surface area contributed by atoms with Crippen LogP contribution in [0, 0.1) is 5.41 Å². The Labute approximate surface area is 162 Å². The zero-order valence-electron chi connectivity index (χ0n) is 16.7. The quantitative estimate of drug-likeness (QED) is 0.787. The van der Waals surface area contributed by atoms with E-state index in [4.69, 9.17) is 4.74 Å². The molecule has 1 fully saturated rings. The Morgan fingerprint density at radius 2 is 1.96 bits per heavy atom. The normalized spacial score (nSPS) is 21.3. The lowest BCUT2D eigenvalue weighted by Crippen LogP contribution is -2.42. The summed E-state index contributed by atoms with van der Waals surface area (Å²) < 4.78 is 33.1. The Morgan fingerprint density at radius 1 is 1.22 bits per heavy atom. The summed E-state index contributed by atoms with van der Waals surface area (Å²) in [7, 11) is -1.96. The minimum atomic E-state index is -3.56. The Hall–Kier alpha value is -1.44. The summed E-state index contributed by atoms with van der Waals surface area (Å²) in [6, 6.07) is 5.27. The standard InChI is InChI=1S/C20H30N2O4S/c1-20(2,3)19(23)21-11-9-15-7-8-18(12-16(15)13-21)27(24,25)22-10-5-6-17(22)14-26-4/h7-8,12,17H,5-6,9-11,13-14H2,1-4H3. The van der Waals surface area contributed by atoms with Crippen LogP contribution in [0.15, 0.2) is 23.1 Å². The highest BCUT2D eigenvalue weighted by Gasteiger charge is 2.36. The summed E-state index contributed by atoms with van der Waals surface area (Å²) in [5, 5.41) is 0. The Bertz CT molecular complexity index is 814. The van der Waals surface area contributed by atoms with Gasteiger partial charge in [-0.05, 0) is 42.5 Å². The highest BCUT2D eigenvalue weighted by atomic mass is 32.2. The Balaban J connectivity index is 1.87. The van der Waals surface area contributed by atoms with Gasteiger partial charge in [-0.2, -0.15) is 4.31 Å². The largest absolute Gasteiger partial charge is 0.383 e. The number of nitrogens with zero attached hydrogens (tertiary/aromatic N) is 2. The summed E-state index contributed by atoms with van der Waals surface area (Å²) in [4.78, 5) is 14.8. The van der Waals surface area contributed by atoms with Gasteiger partial charge in [-0.25, -0.2) is 8.42 Å². The van der Waals surface area contributed by atoms with Gasteiger partial charge >= 0.3 is 0 Å². The lowest BCUT2D eigenvalue weighted by atomic mass is 9.92. The fourth-order valence-electron chi connectivity index (χ4n) is 3.96. The number of carbonyl (C=O) groups excluding carboxylic acids is 1.